The number of nitrogens with zero attached hydrogens (tertiary/aromatic N) is 5. The Morgan fingerprint density at radius 1 is 1.03 bits per heavy atom. The van der Waals surface area contributed by atoms with Crippen molar-refractivity contribution in [1.29, 1.82) is 0 Å². The van der Waals surface area contributed by atoms with Gasteiger partial charge in [0.2, 0.25) is 5.95 Å². The molecule has 194 valence electrons. The monoisotopic (exact) mass is 500 g/mol. The van der Waals surface area contributed by atoms with Gasteiger partial charge in [-0.3, -0.25) is 9.80 Å². The fourth-order valence-corrected chi connectivity index (χ4v) is 4.85. The van der Waals surface area contributed by atoms with E-state index in [1.165, 1.54) is 12.8 Å². The highest BCUT2D eigenvalue weighted by Gasteiger charge is 2.35. The van der Waals surface area contributed by atoms with Gasteiger partial charge in [-0.15, -0.1) is 0 Å². The Morgan fingerprint density at radius 2 is 1.78 bits per heavy atom. The quantitative estimate of drug-likeness (QED) is 0.608. The Labute approximate surface area is 210 Å². The molecule has 0 spiro atoms. The first-order valence-electron chi connectivity index (χ1n) is 12.8. The lowest BCUT2D eigenvalue weighted by molar-refractivity contribution is -0.0222. The zero-order chi connectivity index (χ0) is 25.0. The fraction of sp³-hybridized carbons (Fsp3) is 0.615. The summed E-state index contributed by atoms with van der Waals surface area (Å²) in [5.41, 5.74) is 1.48. The topological polar surface area (TPSA) is 66.0 Å². The van der Waals surface area contributed by atoms with E-state index in [0.29, 0.717) is 42.9 Å². The average molecular weight is 501 g/mol. The van der Waals surface area contributed by atoms with E-state index in [1.54, 1.807) is 7.11 Å². The zero-order valence-corrected chi connectivity index (χ0v) is 20.9. The molecule has 1 N–H and O–H groups in total. The SMILES string of the molecule is COc1cc2c(NCN3CCOCC3)nc(N3CCC(F)(F)CC3)nc2cc1C#CCN1CCCC1. The van der Waals surface area contributed by atoms with Crippen molar-refractivity contribution in [2.24, 2.45) is 0 Å². The number of fused-ring (bicyclic) bond motifs is 1. The number of rotatable bonds is 6. The number of hydrogen-bond acceptors (Lipinski definition) is 8. The van der Waals surface area contributed by atoms with Crippen molar-refractivity contribution in [2.45, 2.75) is 31.6 Å². The van der Waals surface area contributed by atoms with Gasteiger partial charge >= 0.3 is 0 Å². The zero-order valence-electron chi connectivity index (χ0n) is 20.9. The van der Waals surface area contributed by atoms with Crippen molar-refractivity contribution in [3.63, 3.8) is 0 Å². The fourth-order valence-electron chi connectivity index (χ4n) is 4.85. The van der Waals surface area contributed by atoms with Crippen molar-refractivity contribution in [1.82, 2.24) is 19.8 Å². The molecule has 1 aromatic heterocycles. The first kappa shape index (κ1) is 24.9. The minimum absolute atomic E-state index is 0.194. The van der Waals surface area contributed by atoms with Gasteiger partial charge in [-0.25, -0.2) is 13.8 Å². The predicted octanol–water partition coefficient (Wildman–Crippen LogP) is 3.02. The number of morpholine rings is 1. The molecular formula is C26H34F2N6O2. The van der Waals surface area contributed by atoms with Gasteiger partial charge in [-0.1, -0.05) is 11.8 Å². The molecule has 3 fully saturated rings. The Hall–Kier alpha value is -2.74. The van der Waals surface area contributed by atoms with E-state index < -0.39 is 5.92 Å². The standard InChI is InChI=1S/C26H34F2N6O2/c1-35-23-18-21-22(17-20(23)5-4-10-32-8-2-3-9-32)30-25(34-11-6-26(27,28)7-12-34)31-24(21)29-19-33-13-15-36-16-14-33/h17-18H,2-3,6-16,19H2,1H3,(H,29,30,31). The highest BCUT2D eigenvalue weighted by Crippen LogP contribution is 2.33. The number of alkyl halides is 2. The van der Waals surface area contributed by atoms with Crippen LogP contribution in [-0.2, 0) is 4.74 Å². The number of anilines is 2. The van der Waals surface area contributed by atoms with Gasteiger partial charge in [0, 0.05) is 44.4 Å². The molecule has 1 aromatic carbocycles. The molecule has 3 aliphatic heterocycles. The van der Waals surface area contributed by atoms with Crippen LogP contribution < -0.4 is 15.0 Å². The lowest BCUT2D eigenvalue weighted by Crippen LogP contribution is -2.40. The third-order valence-corrected chi connectivity index (χ3v) is 7.08. The highest BCUT2D eigenvalue weighted by molar-refractivity contribution is 5.92. The Morgan fingerprint density at radius 3 is 2.50 bits per heavy atom. The minimum Gasteiger partial charge on any atom is -0.495 e. The smallest absolute Gasteiger partial charge is 0.251 e. The number of likely N-dealkylation sites (tertiary alicyclic amines) is 1. The summed E-state index contributed by atoms with van der Waals surface area (Å²) in [6.07, 6.45) is 2.06. The molecule has 0 unspecified atom stereocenters. The minimum atomic E-state index is -2.63. The third-order valence-electron chi connectivity index (χ3n) is 7.08. The van der Waals surface area contributed by atoms with Crippen LogP contribution in [0.2, 0.25) is 0 Å². The summed E-state index contributed by atoms with van der Waals surface area (Å²) >= 11 is 0. The third kappa shape index (κ3) is 5.97. The van der Waals surface area contributed by atoms with Crippen molar-refractivity contribution in [3.8, 4) is 17.6 Å². The van der Waals surface area contributed by atoms with Gasteiger partial charge in [0.25, 0.3) is 5.92 Å². The van der Waals surface area contributed by atoms with Crippen LogP contribution in [0.25, 0.3) is 10.9 Å². The summed E-state index contributed by atoms with van der Waals surface area (Å²) in [6.45, 7) is 7.03. The van der Waals surface area contributed by atoms with E-state index in [1.807, 2.05) is 17.0 Å². The number of ether oxygens (including phenoxy) is 2. The summed E-state index contributed by atoms with van der Waals surface area (Å²) in [4.78, 5) is 16.0. The predicted molar refractivity (Wildman–Crippen MR) is 136 cm³/mol. The van der Waals surface area contributed by atoms with E-state index in [0.717, 1.165) is 43.7 Å². The Bertz CT molecular complexity index is 1110. The number of hydrogen-bond donors (Lipinski definition) is 1. The molecular weight excluding hydrogens is 466 g/mol. The lowest BCUT2D eigenvalue weighted by Gasteiger charge is -2.32. The van der Waals surface area contributed by atoms with Gasteiger partial charge in [0.05, 0.1) is 44.6 Å². The number of methoxy groups -OCH3 is 1. The molecule has 2 aromatic rings. The van der Waals surface area contributed by atoms with Crippen LogP contribution in [0.3, 0.4) is 0 Å². The van der Waals surface area contributed by atoms with Crippen molar-refractivity contribution in [2.75, 3.05) is 83.0 Å². The van der Waals surface area contributed by atoms with Crippen LogP contribution >= 0.6 is 0 Å². The summed E-state index contributed by atoms with van der Waals surface area (Å²) in [6, 6.07) is 3.85. The van der Waals surface area contributed by atoms with E-state index in [4.69, 9.17) is 19.4 Å². The number of piperidine rings is 1. The maximum atomic E-state index is 13.8. The van der Waals surface area contributed by atoms with Crippen LogP contribution in [0.4, 0.5) is 20.5 Å². The summed E-state index contributed by atoms with van der Waals surface area (Å²) < 4.78 is 38.7. The second-order valence-electron chi connectivity index (χ2n) is 9.64. The number of aromatic nitrogens is 2. The highest BCUT2D eigenvalue weighted by atomic mass is 19.3. The molecule has 0 atom stereocenters. The van der Waals surface area contributed by atoms with Crippen molar-refractivity contribution >= 4 is 22.7 Å². The van der Waals surface area contributed by atoms with Crippen LogP contribution in [0.1, 0.15) is 31.2 Å². The summed E-state index contributed by atoms with van der Waals surface area (Å²) in [5.74, 6) is 5.70. The maximum Gasteiger partial charge on any atom is 0.251 e. The number of benzene rings is 1. The Kier molecular flexibility index (Phi) is 7.70. The molecule has 4 heterocycles. The average Bonchev–Trinajstić information content (AvgIpc) is 3.41. The molecule has 3 aliphatic rings. The van der Waals surface area contributed by atoms with Crippen LogP contribution in [0, 0.1) is 11.8 Å². The normalized spacial score (nSPS) is 20.8. The molecule has 36 heavy (non-hydrogen) atoms. The number of halogens is 2. The first-order valence-corrected chi connectivity index (χ1v) is 12.8. The largest absolute Gasteiger partial charge is 0.495 e. The molecule has 0 saturated carbocycles. The molecule has 0 amide bonds. The van der Waals surface area contributed by atoms with Crippen LogP contribution in [-0.4, -0.2) is 98.5 Å². The first-order chi connectivity index (χ1) is 17.5. The maximum absolute atomic E-state index is 13.8. The molecule has 5 rings (SSSR count). The molecule has 0 bridgehead atoms. The second-order valence-corrected chi connectivity index (χ2v) is 9.64. The Balaban J connectivity index is 1.46. The van der Waals surface area contributed by atoms with E-state index in [2.05, 4.69) is 27.0 Å². The summed E-state index contributed by atoms with van der Waals surface area (Å²) in [5, 5.41) is 4.27. The summed E-state index contributed by atoms with van der Waals surface area (Å²) in [7, 11) is 1.64. The van der Waals surface area contributed by atoms with E-state index >= 15 is 0 Å². The molecule has 0 radical (unpaired) electrons. The van der Waals surface area contributed by atoms with Crippen molar-refractivity contribution in [3.05, 3.63) is 17.7 Å². The lowest BCUT2D eigenvalue weighted by atomic mass is 10.1. The van der Waals surface area contributed by atoms with Gasteiger partial charge in [0.1, 0.15) is 11.6 Å². The van der Waals surface area contributed by atoms with Gasteiger partial charge < -0.3 is 19.7 Å². The number of nitrogens with one attached hydrogen (secondary N) is 1. The van der Waals surface area contributed by atoms with E-state index in [9.17, 15) is 8.78 Å². The molecule has 10 heteroatoms. The molecule has 8 nitrogen and oxygen atoms in total. The van der Waals surface area contributed by atoms with E-state index in [-0.39, 0.29) is 25.9 Å². The van der Waals surface area contributed by atoms with Crippen LogP contribution in [0.15, 0.2) is 12.1 Å². The van der Waals surface area contributed by atoms with Gasteiger partial charge in [0.15, 0.2) is 0 Å². The second kappa shape index (κ2) is 11.1. The molecule has 3 saturated heterocycles. The van der Waals surface area contributed by atoms with Gasteiger partial charge in [-0.2, -0.15) is 4.98 Å². The molecule has 0 aliphatic carbocycles. The van der Waals surface area contributed by atoms with Gasteiger partial charge in [-0.05, 0) is 38.1 Å². The van der Waals surface area contributed by atoms with Crippen LogP contribution in [0.5, 0.6) is 5.75 Å². The van der Waals surface area contributed by atoms with Crippen molar-refractivity contribution < 1.29 is 18.3 Å².